The quantitative estimate of drug-likeness (QED) is 0.904. The summed E-state index contributed by atoms with van der Waals surface area (Å²) in [7, 11) is 0. The number of carbonyl (C=O) groups excluding carboxylic acids is 2. The third kappa shape index (κ3) is 3.71. The highest BCUT2D eigenvalue weighted by Crippen LogP contribution is 2.26. The molecular formula is C17H19N3O2S. The Kier molecular flexibility index (Phi) is 4.62. The minimum Gasteiger partial charge on any atom is -0.352 e. The lowest BCUT2D eigenvalue weighted by molar-refractivity contribution is -0.132. The summed E-state index contributed by atoms with van der Waals surface area (Å²) < 4.78 is 0. The topological polar surface area (TPSA) is 75.4 Å². The highest BCUT2D eigenvalue weighted by Gasteiger charge is 2.25. The van der Waals surface area contributed by atoms with Crippen molar-refractivity contribution in [3.05, 3.63) is 57.8 Å². The Morgan fingerprint density at radius 3 is 2.78 bits per heavy atom. The Bertz CT molecular complexity index is 699. The first-order chi connectivity index (χ1) is 11.1. The van der Waals surface area contributed by atoms with Crippen LogP contribution in [0.3, 0.4) is 0 Å². The molecule has 0 bridgehead atoms. The molecule has 5 nitrogen and oxygen atoms in total. The Morgan fingerprint density at radius 2 is 2.04 bits per heavy atom. The predicted octanol–water partition coefficient (Wildman–Crippen LogP) is 2.43. The molecule has 1 unspecified atom stereocenters. The largest absolute Gasteiger partial charge is 0.352 e. The van der Waals surface area contributed by atoms with Crippen LogP contribution in [0.25, 0.3) is 0 Å². The van der Waals surface area contributed by atoms with Gasteiger partial charge in [0.25, 0.3) is 0 Å². The molecule has 1 aliphatic rings. The SMILES string of the molecule is NC(=O)NC(CC(=O)N1CCc2sccc2C1)c1ccccc1. The van der Waals surface area contributed by atoms with Crippen molar-refractivity contribution in [1.82, 2.24) is 10.2 Å². The van der Waals surface area contributed by atoms with E-state index in [9.17, 15) is 9.59 Å². The second-order valence-corrected chi connectivity index (χ2v) is 6.61. The van der Waals surface area contributed by atoms with Gasteiger partial charge in [-0.15, -0.1) is 11.3 Å². The number of nitrogens with zero attached hydrogens (tertiary/aromatic N) is 1. The van der Waals surface area contributed by atoms with Crippen LogP contribution in [0.2, 0.25) is 0 Å². The Labute approximate surface area is 139 Å². The van der Waals surface area contributed by atoms with E-state index in [1.165, 1.54) is 10.4 Å². The van der Waals surface area contributed by atoms with E-state index in [1.54, 1.807) is 11.3 Å². The third-order valence-electron chi connectivity index (χ3n) is 4.06. The van der Waals surface area contributed by atoms with E-state index in [-0.39, 0.29) is 12.3 Å². The molecule has 1 aliphatic heterocycles. The van der Waals surface area contributed by atoms with E-state index in [2.05, 4.69) is 16.8 Å². The summed E-state index contributed by atoms with van der Waals surface area (Å²) in [5, 5.41) is 4.74. The van der Waals surface area contributed by atoms with Crippen molar-refractivity contribution in [2.45, 2.75) is 25.4 Å². The molecule has 120 valence electrons. The molecule has 0 saturated carbocycles. The second kappa shape index (κ2) is 6.83. The highest BCUT2D eigenvalue weighted by atomic mass is 32.1. The van der Waals surface area contributed by atoms with Crippen molar-refractivity contribution >= 4 is 23.3 Å². The van der Waals surface area contributed by atoms with Gasteiger partial charge in [0, 0.05) is 18.0 Å². The Morgan fingerprint density at radius 1 is 1.26 bits per heavy atom. The van der Waals surface area contributed by atoms with Crippen LogP contribution in [0, 0.1) is 0 Å². The van der Waals surface area contributed by atoms with Crippen molar-refractivity contribution in [1.29, 1.82) is 0 Å². The first kappa shape index (κ1) is 15.6. The standard InChI is InChI=1S/C17H19N3O2S/c18-17(22)19-14(12-4-2-1-3-5-12)10-16(21)20-8-6-15-13(11-20)7-9-23-15/h1-5,7,9,14H,6,8,10-11H2,(H3,18,19,22). The van der Waals surface area contributed by atoms with Crippen LogP contribution in [-0.4, -0.2) is 23.4 Å². The lowest BCUT2D eigenvalue weighted by Crippen LogP contribution is -2.40. The molecule has 2 heterocycles. The number of hydrogen-bond acceptors (Lipinski definition) is 3. The molecule has 2 aromatic rings. The zero-order valence-electron chi connectivity index (χ0n) is 12.7. The van der Waals surface area contributed by atoms with E-state index in [1.807, 2.05) is 35.2 Å². The van der Waals surface area contributed by atoms with Crippen molar-refractivity contribution in [3.63, 3.8) is 0 Å². The average molecular weight is 329 g/mol. The van der Waals surface area contributed by atoms with Gasteiger partial charge in [-0.3, -0.25) is 4.79 Å². The van der Waals surface area contributed by atoms with Gasteiger partial charge in [-0.1, -0.05) is 30.3 Å². The molecule has 0 saturated heterocycles. The van der Waals surface area contributed by atoms with Gasteiger partial charge in [0.1, 0.15) is 0 Å². The molecule has 23 heavy (non-hydrogen) atoms. The number of carbonyl (C=O) groups is 2. The fourth-order valence-electron chi connectivity index (χ4n) is 2.87. The summed E-state index contributed by atoms with van der Waals surface area (Å²) in [5.74, 6) is 0.0319. The fourth-order valence-corrected chi connectivity index (χ4v) is 3.76. The summed E-state index contributed by atoms with van der Waals surface area (Å²) in [6.07, 6.45) is 1.12. The smallest absolute Gasteiger partial charge is 0.312 e. The first-order valence-electron chi connectivity index (χ1n) is 7.57. The van der Waals surface area contributed by atoms with Crippen molar-refractivity contribution in [3.8, 4) is 0 Å². The number of primary amides is 1. The van der Waals surface area contributed by atoms with Gasteiger partial charge in [0.15, 0.2) is 0 Å². The van der Waals surface area contributed by atoms with Gasteiger partial charge < -0.3 is 16.0 Å². The van der Waals surface area contributed by atoms with E-state index in [0.717, 1.165) is 18.5 Å². The Balaban J connectivity index is 1.70. The number of thiophene rings is 1. The van der Waals surface area contributed by atoms with Gasteiger partial charge in [-0.25, -0.2) is 4.79 Å². The molecule has 1 aromatic heterocycles. The Hall–Kier alpha value is -2.34. The van der Waals surface area contributed by atoms with Crippen LogP contribution in [0.15, 0.2) is 41.8 Å². The minimum atomic E-state index is -0.620. The third-order valence-corrected chi connectivity index (χ3v) is 5.08. The summed E-state index contributed by atoms with van der Waals surface area (Å²) >= 11 is 1.75. The van der Waals surface area contributed by atoms with Crippen LogP contribution < -0.4 is 11.1 Å². The number of urea groups is 1. The second-order valence-electron chi connectivity index (χ2n) is 5.61. The molecule has 3 amide bonds. The monoisotopic (exact) mass is 329 g/mol. The summed E-state index contributed by atoms with van der Waals surface area (Å²) in [6.45, 7) is 1.38. The minimum absolute atomic E-state index is 0.0319. The lowest BCUT2D eigenvalue weighted by Gasteiger charge is -2.29. The van der Waals surface area contributed by atoms with E-state index >= 15 is 0 Å². The van der Waals surface area contributed by atoms with Crippen LogP contribution in [0.4, 0.5) is 4.79 Å². The van der Waals surface area contributed by atoms with Crippen LogP contribution in [-0.2, 0) is 17.8 Å². The molecule has 6 heteroatoms. The molecule has 0 spiro atoms. The fraction of sp³-hybridized carbons (Fsp3) is 0.294. The van der Waals surface area contributed by atoms with Gasteiger partial charge >= 0.3 is 6.03 Å². The number of benzene rings is 1. The van der Waals surface area contributed by atoms with Crippen LogP contribution in [0.1, 0.15) is 28.5 Å². The van der Waals surface area contributed by atoms with Crippen LogP contribution >= 0.6 is 11.3 Å². The van der Waals surface area contributed by atoms with Crippen molar-refractivity contribution in [2.75, 3.05) is 6.54 Å². The molecule has 3 N–H and O–H groups in total. The number of rotatable bonds is 4. The lowest BCUT2D eigenvalue weighted by atomic mass is 10.0. The van der Waals surface area contributed by atoms with Crippen molar-refractivity contribution in [2.24, 2.45) is 5.73 Å². The average Bonchev–Trinajstić information content (AvgIpc) is 3.02. The molecule has 1 atom stereocenters. The zero-order valence-corrected chi connectivity index (χ0v) is 13.5. The number of hydrogen-bond donors (Lipinski definition) is 2. The maximum Gasteiger partial charge on any atom is 0.312 e. The maximum atomic E-state index is 12.6. The van der Waals surface area contributed by atoms with Crippen LogP contribution in [0.5, 0.6) is 0 Å². The van der Waals surface area contributed by atoms with Gasteiger partial charge in [-0.05, 0) is 29.0 Å². The number of nitrogens with one attached hydrogen (secondary N) is 1. The number of amides is 3. The van der Waals surface area contributed by atoms with E-state index in [0.29, 0.717) is 6.54 Å². The molecule has 0 radical (unpaired) electrons. The summed E-state index contributed by atoms with van der Waals surface area (Å²) in [4.78, 5) is 27.1. The zero-order chi connectivity index (χ0) is 16.2. The van der Waals surface area contributed by atoms with Gasteiger partial charge in [0.05, 0.1) is 12.5 Å². The highest BCUT2D eigenvalue weighted by molar-refractivity contribution is 7.10. The molecular weight excluding hydrogens is 310 g/mol. The first-order valence-corrected chi connectivity index (χ1v) is 8.45. The number of fused-ring (bicyclic) bond motifs is 1. The van der Waals surface area contributed by atoms with E-state index < -0.39 is 12.1 Å². The summed E-state index contributed by atoms with van der Waals surface area (Å²) in [6, 6.07) is 10.5. The van der Waals surface area contributed by atoms with Crippen molar-refractivity contribution < 1.29 is 9.59 Å². The molecule has 1 aromatic carbocycles. The van der Waals surface area contributed by atoms with E-state index in [4.69, 9.17) is 5.73 Å². The van der Waals surface area contributed by atoms with Gasteiger partial charge in [0.2, 0.25) is 5.91 Å². The normalized spacial score (nSPS) is 14.9. The number of nitrogens with two attached hydrogens (primary N) is 1. The molecule has 0 fully saturated rings. The molecule has 3 rings (SSSR count). The molecule has 0 aliphatic carbocycles. The maximum absolute atomic E-state index is 12.6. The summed E-state index contributed by atoms with van der Waals surface area (Å²) in [5.41, 5.74) is 7.37. The van der Waals surface area contributed by atoms with Gasteiger partial charge in [-0.2, -0.15) is 0 Å². The predicted molar refractivity (Wildman–Crippen MR) is 90.0 cm³/mol.